The van der Waals surface area contributed by atoms with E-state index in [0.717, 1.165) is 18.5 Å². The third-order valence-electron chi connectivity index (χ3n) is 2.24. The van der Waals surface area contributed by atoms with Crippen molar-refractivity contribution in [2.45, 2.75) is 12.7 Å². The molecule has 0 saturated carbocycles. The molecule has 0 bridgehead atoms. The van der Waals surface area contributed by atoms with Gasteiger partial charge >= 0.3 is 6.18 Å². The van der Waals surface area contributed by atoms with Crippen molar-refractivity contribution in [3.63, 3.8) is 0 Å². The Kier molecular flexibility index (Phi) is 3.54. The van der Waals surface area contributed by atoms with E-state index in [0.29, 0.717) is 5.82 Å². The van der Waals surface area contributed by atoms with E-state index in [4.69, 9.17) is 0 Å². The van der Waals surface area contributed by atoms with Crippen LogP contribution in [0.1, 0.15) is 11.4 Å². The highest BCUT2D eigenvalue weighted by atomic mass is 19.4. The minimum atomic E-state index is -4.43. The Balaban J connectivity index is 2.19. The van der Waals surface area contributed by atoms with Gasteiger partial charge in [-0.3, -0.25) is 0 Å². The highest BCUT2D eigenvalue weighted by Gasteiger charge is 2.31. The fourth-order valence-electron chi connectivity index (χ4n) is 1.35. The smallest absolute Gasteiger partial charge is 0.373 e. The van der Waals surface area contributed by atoms with Gasteiger partial charge in [0.1, 0.15) is 11.6 Å². The first kappa shape index (κ1) is 13.1. The van der Waals surface area contributed by atoms with Crippen LogP contribution in [0.5, 0.6) is 0 Å². The van der Waals surface area contributed by atoms with Crippen LogP contribution in [0.2, 0.25) is 0 Å². The quantitative estimate of drug-likeness (QED) is 0.888. The van der Waals surface area contributed by atoms with Crippen molar-refractivity contribution in [2.24, 2.45) is 0 Å². The molecule has 2 rings (SSSR count). The van der Waals surface area contributed by atoms with Gasteiger partial charge in [0.25, 0.3) is 0 Å². The van der Waals surface area contributed by atoms with Crippen molar-refractivity contribution in [1.82, 2.24) is 15.1 Å². The van der Waals surface area contributed by atoms with Gasteiger partial charge in [0.15, 0.2) is 5.82 Å². The molecule has 0 aliphatic carbocycles. The Bertz CT molecular complexity index is 541. The van der Waals surface area contributed by atoms with Crippen molar-refractivity contribution in [1.29, 1.82) is 0 Å². The van der Waals surface area contributed by atoms with Crippen LogP contribution in [0.25, 0.3) is 0 Å². The van der Waals surface area contributed by atoms with Crippen molar-refractivity contribution in [3.8, 4) is 0 Å². The van der Waals surface area contributed by atoms with Crippen LogP contribution < -0.4 is 10.6 Å². The number of anilines is 2. The monoisotopic (exact) mass is 273 g/mol. The molecule has 19 heavy (non-hydrogen) atoms. The predicted octanol–water partition coefficient (Wildman–Crippen LogP) is 2.14. The van der Waals surface area contributed by atoms with Crippen LogP contribution in [0.15, 0.2) is 23.0 Å². The van der Waals surface area contributed by atoms with Gasteiger partial charge in [-0.15, -0.1) is 0 Å². The number of pyridine rings is 1. The second kappa shape index (κ2) is 5.12. The van der Waals surface area contributed by atoms with Crippen LogP contribution >= 0.6 is 0 Å². The third kappa shape index (κ3) is 3.33. The summed E-state index contributed by atoms with van der Waals surface area (Å²) in [4.78, 5) is 7.70. The maximum absolute atomic E-state index is 12.7. The molecule has 2 N–H and O–H groups in total. The number of hydrogen-bond acceptors (Lipinski definition) is 6. The lowest BCUT2D eigenvalue weighted by atomic mass is 10.2. The first-order valence-corrected chi connectivity index (χ1v) is 5.25. The Morgan fingerprint density at radius 2 is 2.00 bits per heavy atom. The molecule has 102 valence electrons. The largest absolute Gasteiger partial charge is 0.416 e. The number of nitrogens with one attached hydrogen (secondary N) is 2. The highest BCUT2D eigenvalue weighted by Crippen LogP contribution is 2.31. The number of nitrogens with zero attached hydrogens (tertiary/aromatic N) is 3. The first-order chi connectivity index (χ1) is 8.99. The van der Waals surface area contributed by atoms with Gasteiger partial charge in [0, 0.05) is 7.05 Å². The van der Waals surface area contributed by atoms with Gasteiger partial charge in [-0.05, 0) is 12.1 Å². The van der Waals surface area contributed by atoms with Crippen molar-refractivity contribution >= 4 is 11.6 Å². The summed E-state index contributed by atoms with van der Waals surface area (Å²) in [5.74, 6) is 0.514. The molecule has 2 aromatic heterocycles. The molecular formula is C10H10F3N5O. The maximum atomic E-state index is 12.7. The van der Waals surface area contributed by atoms with Crippen LogP contribution in [-0.4, -0.2) is 22.2 Å². The van der Waals surface area contributed by atoms with Gasteiger partial charge in [-0.25, -0.2) is 4.98 Å². The minimum absolute atomic E-state index is 0.0731. The number of hydrogen-bond donors (Lipinski definition) is 2. The zero-order chi connectivity index (χ0) is 13.9. The SMILES string of the molecule is CNc1cc(C(F)(F)F)cc(NCc2ncon2)n1. The Hall–Kier alpha value is -2.32. The van der Waals surface area contributed by atoms with Gasteiger partial charge in [0.2, 0.25) is 6.39 Å². The van der Waals surface area contributed by atoms with Crippen LogP contribution in [0.4, 0.5) is 24.8 Å². The molecule has 0 atom stereocenters. The Morgan fingerprint density at radius 1 is 1.26 bits per heavy atom. The molecule has 0 radical (unpaired) electrons. The molecule has 0 aliphatic rings. The second-order valence-corrected chi connectivity index (χ2v) is 3.58. The number of halogens is 3. The van der Waals surface area contributed by atoms with Crippen molar-refractivity contribution < 1.29 is 17.7 Å². The zero-order valence-electron chi connectivity index (χ0n) is 9.82. The molecule has 2 heterocycles. The molecule has 0 aliphatic heterocycles. The number of alkyl halides is 3. The van der Waals surface area contributed by atoms with Gasteiger partial charge in [-0.2, -0.15) is 18.2 Å². The van der Waals surface area contributed by atoms with E-state index in [2.05, 4.69) is 30.3 Å². The lowest BCUT2D eigenvalue weighted by molar-refractivity contribution is -0.137. The molecule has 0 unspecified atom stereocenters. The Morgan fingerprint density at radius 3 is 2.58 bits per heavy atom. The fraction of sp³-hybridized carbons (Fsp3) is 0.300. The van der Waals surface area contributed by atoms with E-state index < -0.39 is 11.7 Å². The fourth-order valence-corrected chi connectivity index (χ4v) is 1.35. The second-order valence-electron chi connectivity index (χ2n) is 3.58. The van der Waals surface area contributed by atoms with Gasteiger partial charge in [0.05, 0.1) is 12.1 Å². The molecule has 2 aromatic rings. The van der Waals surface area contributed by atoms with Gasteiger partial charge < -0.3 is 15.2 Å². The number of aromatic nitrogens is 3. The zero-order valence-corrected chi connectivity index (χ0v) is 9.82. The summed E-state index contributed by atoms with van der Waals surface area (Å²) in [6, 6.07) is 1.85. The van der Waals surface area contributed by atoms with Crippen molar-refractivity contribution in [3.05, 3.63) is 29.9 Å². The Labute approximate surface area is 106 Å². The summed E-state index contributed by atoms with van der Waals surface area (Å²) in [5.41, 5.74) is -0.789. The maximum Gasteiger partial charge on any atom is 0.416 e. The molecule has 0 aromatic carbocycles. The molecule has 9 heteroatoms. The lowest BCUT2D eigenvalue weighted by Crippen LogP contribution is -2.10. The molecule has 0 fully saturated rings. The summed E-state index contributed by atoms with van der Waals surface area (Å²) in [5, 5.41) is 8.80. The van der Waals surface area contributed by atoms with Crippen LogP contribution in [0, 0.1) is 0 Å². The van der Waals surface area contributed by atoms with E-state index >= 15 is 0 Å². The topological polar surface area (TPSA) is 75.9 Å². The normalized spacial score (nSPS) is 11.4. The molecular weight excluding hydrogens is 263 g/mol. The van der Waals surface area contributed by atoms with Crippen molar-refractivity contribution in [2.75, 3.05) is 17.7 Å². The summed E-state index contributed by atoms with van der Waals surface area (Å²) < 4.78 is 42.5. The highest BCUT2D eigenvalue weighted by molar-refractivity contribution is 5.49. The van der Waals surface area contributed by atoms with Crippen LogP contribution in [-0.2, 0) is 12.7 Å². The first-order valence-electron chi connectivity index (χ1n) is 5.25. The van der Waals surface area contributed by atoms with E-state index in [9.17, 15) is 13.2 Å². The standard InChI is InChI=1S/C10H10F3N5O/c1-14-7-2-6(10(11,12)13)3-8(17-7)15-4-9-16-5-19-18-9/h2-3,5H,4H2,1H3,(H2,14,15,17). The lowest BCUT2D eigenvalue weighted by Gasteiger charge is -2.11. The molecule has 0 amide bonds. The summed E-state index contributed by atoms with van der Waals surface area (Å²) >= 11 is 0. The predicted molar refractivity (Wildman–Crippen MR) is 60.4 cm³/mol. The minimum Gasteiger partial charge on any atom is -0.373 e. The summed E-state index contributed by atoms with van der Waals surface area (Å²) in [6.45, 7) is 0.119. The molecule has 6 nitrogen and oxygen atoms in total. The summed E-state index contributed by atoms with van der Waals surface area (Å²) in [6.07, 6.45) is -3.30. The average Bonchev–Trinajstić information content (AvgIpc) is 2.88. The van der Waals surface area contributed by atoms with E-state index in [-0.39, 0.29) is 18.2 Å². The van der Waals surface area contributed by atoms with E-state index in [1.807, 2.05) is 0 Å². The third-order valence-corrected chi connectivity index (χ3v) is 2.24. The van der Waals surface area contributed by atoms with E-state index in [1.165, 1.54) is 7.05 Å². The van der Waals surface area contributed by atoms with E-state index in [1.54, 1.807) is 0 Å². The molecule has 0 saturated heterocycles. The molecule has 0 spiro atoms. The van der Waals surface area contributed by atoms with Crippen LogP contribution in [0.3, 0.4) is 0 Å². The van der Waals surface area contributed by atoms with Gasteiger partial charge in [-0.1, -0.05) is 5.16 Å². The average molecular weight is 273 g/mol. The summed E-state index contributed by atoms with van der Waals surface area (Å²) in [7, 11) is 1.49. The number of rotatable bonds is 4.